The fourth-order valence-electron chi connectivity index (χ4n) is 6.96. The van der Waals surface area contributed by atoms with Crippen LogP contribution in [-0.2, 0) is 30.6 Å². The Kier molecular flexibility index (Phi) is 11.3. The molecule has 56 heavy (non-hydrogen) atoms. The van der Waals surface area contributed by atoms with Gasteiger partial charge in [0, 0.05) is 43.4 Å². The number of carbonyl (C=O) groups is 2. The SMILES string of the molecule is C=CCOCC(F)(F)c1nc(N2C[C@@H](Oc3ncc(Cl)cc3[C@@]3(F)CCN(C(=O)OC(C)(C)C)C[C@@H]3C)C[C@H]2C(=O)OC(C)(C)C)c2oc3ccccc3c2n1. The van der Waals surface area contributed by atoms with Crippen molar-refractivity contribution in [3.8, 4) is 5.88 Å². The van der Waals surface area contributed by atoms with Crippen molar-refractivity contribution in [3.63, 3.8) is 0 Å². The number of nitrogens with zero attached hydrogens (tertiary/aromatic N) is 5. The summed E-state index contributed by atoms with van der Waals surface area (Å²) in [5, 5.41) is 0.635. The molecular formula is C40H47ClF3N5O7. The Bertz CT molecular complexity index is 2120. The average molecular weight is 802 g/mol. The van der Waals surface area contributed by atoms with Gasteiger partial charge in [-0.15, -0.1) is 6.58 Å². The highest BCUT2D eigenvalue weighted by molar-refractivity contribution is 6.30. The minimum atomic E-state index is -3.64. The van der Waals surface area contributed by atoms with Gasteiger partial charge in [0.25, 0.3) is 0 Å². The summed E-state index contributed by atoms with van der Waals surface area (Å²) in [7, 11) is 0. The van der Waals surface area contributed by atoms with E-state index in [2.05, 4.69) is 21.5 Å². The lowest BCUT2D eigenvalue weighted by Crippen LogP contribution is -2.50. The molecule has 0 spiro atoms. The number of hydrogen-bond acceptors (Lipinski definition) is 11. The minimum Gasteiger partial charge on any atom is -0.472 e. The lowest BCUT2D eigenvalue weighted by atomic mass is 9.79. The molecule has 0 N–H and O–H groups in total. The number of ether oxygens (including phenoxy) is 4. The molecule has 1 amide bonds. The number of aromatic nitrogens is 3. The zero-order valence-electron chi connectivity index (χ0n) is 32.5. The molecular weight excluding hydrogens is 755 g/mol. The van der Waals surface area contributed by atoms with Gasteiger partial charge < -0.3 is 33.2 Å². The molecule has 0 radical (unpaired) electrons. The number of piperidine rings is 1. The van der Waals surface area contributed by atoms with Crippen LogP contribution in [0.3, 0.4) is 0 Å². The smallest absolute Gasteiger partial charge is 0.410 e. The Labute approximate surface area is 328 Å². The van der Waals surface area contributed by atoms with E-state index in [0.29, 0.717) is 11.0 Å². The van der Waals surface area contributed by atoms with E-state index in [9.17, 15) is 9.59 Å². The number of anilines is 1. The monoisotopic (exact) mass is 801 g/mol. The number of esters is 1. The zero-order chi connectivity index (χ0) is 40.8. The van der Waals surface area contributed by atoms with Crippen LogP contribution in [0, 0.1) is 5.92 Å². The van der Waals surface area contributed by atoms with E-state index < -0.39 is 65.4 Å². The highest BCUT2D eigenvalue weighted by atomic mass is 35.5. The number of hydrogen-bond donors (Lipinski definition) is 0. The summed E-state index contributed by atoms with van der Waals surface area (Å²) in [6.07, 6.45) is 1.17. The first-order valence-electron chi connectivity index (χ1n) is 18.4. The normalized spacial score (nSPS) is 22.1. The van der Waals surface area contributed by atoms with E-state index >= 15 is 13.2 Å². The van der Waals surface area contributed by atoms with Crippen LogP contribution in [0.4, 0.5) is 23.8 Å². The highest BCUT2D eigenvalue weighted by Gasteiger charge is 2.49. The number of rotatable bonds is 10. The zero-order valence-corrected chi connectivity index (χ0v) is 33.3. The van der Waals surface area contributed by atoms with Gasteiger partial charge in [0.2, 0.25) is 11.7 Å². The number of alkyl halides is 3. The van der Waals surface area contributed by atoms with Crippen molar-refractivity contribution >= 4 is 51.6 Å². The van der Waals surface area contributed by atoms with Crippen LogP contribution in [0.5, 0.6) is 5.88 Å². The lowest BCUT2D eigenvalue weighted by molar-refractivity contribution is -0.156. The predicted molar refractivity (Wildman–Crippen MR) is 204 cm³/mol. The molecule has 2 fully saturated rings. The molecule has 2 aliphatic rings. The van der Waals surface area contributed by atoms with Gasteiger partial charge in [-0.25, -0.2) is 28.9 Å². The van der Waals surface area contributed by atoms with Crippen molar-refractivity contribution in [2.45, 2.75) is 96.2 Å². The maximum Gasteiger partial charge on any atom is 0.410 e. The van der Waals surface area contributed by atoms with Crippen LogP contribution in [0.15, 0.2) is 53.6 Å². The third-order valence-corrected chi connectivity index (χ3v) is 9.68. The number of amides is 1. The van der Waals surface area contributed by atoms with Gasteiger partial charge in [-0.3, -0.25) is 0 Å². The first-order valence-corrected chi connectivity index (χ1v) is 18.8. The first kappa shape index (κ1) is 41.0. The van der Waals surface area contributed by atoms with Crippen molar-refractivity contribution in [3.05, 3.63) is 65.6 Å². The van der Waals surface area contributed by atoms with E-state index in [-0.39, 0.29) is 72.5 Å². The van der Waals surface area contributed by atoms with Gasteiger partial charge >= 0.3 is 18.0 Å². The second kappa shape index (κ2) is 15.4. The molecule has 5 heterocycles. The van der Waals surface area contributed by atoms with Gasteiger partial charge in [-0.05, 0) is 59.7 Å². The fourth-order valence-corrected chi connectivity index (χ4v) is 7.12. The Morgan fingerprint density at radius 1 is 1.09 bits per heavy atom. The van der Waals surface area contributed by atoms with Crippen LogP contribution in [-0.4, -0.2) is 88.1 Å². The number of carbonyl (C=O) groups excluding carboxylic acids is 2. The van der Waals surface area contributed by atoms with E-state index in [4.69, 9.17) is 35.0 Å². The Morgan fingerprint density at radius 2 is 1.80 bits per heavy atom. The maximum absolute atomic E-state index is 17.3. The molecule has 4 aromatic rings. The minimum absolute atomic E-state index is 0.0141. The summed E-state index contributed by atoms with van der Waals surface area (Å²) in [4.78, 5) is 42.7. The lowest BCUT2D eigenvalue weighted by Gasteiger charge is -2.42. The standard InChI is InChI=1S/C40H47ClF3N5O7/c1-9-16-52-22-40(43,44)35-46-30-26-12-10-11-13-29(26)54-31(30)32(47-35)49-21-25(18-28(49)34(50)55-37(3,4)5)53-33-27(17-24(41)19-45-33)39(42)14-15-48(20-23(39)2)36(51)56-38(6,7)8/h9-13,17,19,23,25,28H,1,14-16,18,20-22H2,2-8H3/t23-,25-,28-,39+/m0/s1. The van der Waals surface area contributed by atoms with E-state index in [1.807, 2.05) is 0 Å². The summed E-state index contributed by atoms with van der Waals surface area (Å²) in [6, 6.07) is 7.17. The van der Waals surface area contributed by atoms with Gasteiger partial charge in [-0.2, -0.15) is 8.78 Å². The second-order valence-corrected chi connectivity index (χ2v) is 16.7. The predicted octanol–water partition coefficient (Wildman–Crippen LogP) is 8.53. The average Bonchev–Trinajstić information content (AvgIpc) is 3.70. The number of fused-ring (bicyclic) bond motifs is 3. The number of halogens is 4. The molecule has 6 rings (SSSR count). The molecule has 3 aromatic heterocycles. The van der Waals surface area contributed by atoms with E-state index in [0.717, 1.165) is 0 Å². The largest absolute Gasteiger partial charge is 0.472 e. The van der Waals surface area contributed by atoms with Crippen LogP contribution in [0.2, 0.25) is 5.02 Å². The van der Waals surface area contributed by atoms with E-state index in [1.165, 1.54) is 28.1 Å². The quantitative estimate of drug-likeness (QED) is 0.0869. The summed E-state index contributed by atoms with van der Waals surface area (Å²) in [5.74, 6) is -6.01. The molecule has 16 heteroatoms. The molecule has 2 aliphatic heterocycles. The molecule has 0 unspecified atom stereocenters. The van der Waals surface area contributed by atoms with Crippen LogP contribution in [0.1, 0.15) is 72.7 Å². The van der Waals surface area contributed by atoms with Crippen molar-refractivity contribution in [2.24, 2.45) is 5.92 Å². The molecule has 2 saturated heterocycles. The maximum atomic E-state index is 17.3. The van der Waals surface area contributed by atoms with Gasteiger partial charge in [-0.1, -0.05) is 36.7 Å². The summed E-state index contributed by atoms with van der Waals surface area (Å²) < 4.78 is 77.9. The molecule has 0 saturated carbocycles. The topological polar surface area (TPSA) is 129 Å². The molecule has 12 nitrogen and oxygen atoms in total. The van der Waals surface area contributed by atoms with Crippen LogP contribution in [0.25, 0.3) is 22.1 Å². The van der Waals surface area contributed by atoms with Crippen molar-refractivity contribution in [1.29, 1.82) is 0 Å². The summed E-state index contributed by atoms with van der Waals surface area (Å²) >= 11 is 6.39. The van der Waals surface area contributed by atoms with Crippen molar-refractivity contribution in [1.82, 2.24) is 19.9 Å². The van der Waals surface area contributed by atoms with Crippen LogP contribution < -0.4 is 9.64 Å². The van der Waals surface area contributed by atoms with Gasteiger partial charge in [0.1, 0.15) is 46.7 Å². The molecule has 0 bridgehead atoms. The summed E-state index contributed by atoms with van der Waals surface area (Å²) in [5.41, 5.74) is -3.00. The fraction of sp³-hybridized carbons (Fsp3) is 0.525. The number of furan rings is 1. The number of likely N-dealkylation sites (tertiary alicyclic amines) is 1. The Hall–Kier alpha value is -4.63. The number of pyridine rings is 1. The Morgan fingerprint density at radius 3 is 2.48 bits per heavy atom. The Balaban J connectivity index is 1.38. The molecule has 302 valence electrons. The highest BCUT2D eigenvalue weighted by Crippen LogP contribution is 2.46. The van der Waals surface area contributed by atoms with Crippen molar-refractivity contribution < 1.29 is 46.1 Å². The molecule has 1 aromatic carbocycles. The van der Waals surface area contributed by atoms with Gasteiger partial charge in [0.15, 0.2) is 11.4 Å². The second-order valence-electron chi connectivity index (χ2n) is 16.3. The third kappa shape index (κ3) is 8.68. The van der Waals surface area contributed by atoms with E-state index in [1.54, 1.807) is 72.7 Å². The number of para-hydroxylation sites is 1. The summed E-state index contributed by atoms with van der Waals surface area (Å²) in [6.45, 7) is 14.5. The van der Waals surface area contributed by atoms with Crippen molar-refractivity contribution in [2.75, 3.05) is 37.7 Å². The molecule has 0 aliphatic carbocycles. The first-order chi connectivity index (χ1) is 26.2. The molecule has 4 atom stereocenters. The van der Waals surface area contributed by atoms with Crippen LogP contribution >= 0.6 is 11.6 Å². The number of benzene rings is 1. The third-order valence-electron chi connectivity index (χ3n) is 9.48. The van der Waals surface area contributed by atoms with Gasteiger partial charge in [0.05, 0.1) is 23.7 Å².